The summed E-state index contributed by atoms with van der Waals surface area (Å²) in [4.78, 5) is 24.1. The second-order valence-corrected chi connectivity index (χ2v) is 3.28. The summed E-state index contributed by atoms with van der Waals surface area (Å²) in [5.74, 6) is -0.383. The van der Waals surface area contributed by atoms with Crippen molar-refractivity contribution in [2.45, 2.75) is 26.3 Å². The lowest BCUT2D eigenvalue weighted by Crippen LogP contribution is -2.41. The summed E-state index contributed by atoms with van der Waals surface area (Å²) in [5.41, 5.74) is 8.13. The third kappa shape index (κ3) is 5.05. The number of nitrogens with one attached hydrogen (secondary N) is 1. The molecule has 14 heavy (non-hydrogen) atoms. The minimum Gasteiger partial charge on any atom is -0.465 e. The van der Waals surface area contributed by atoms with Gasteiger partial charge < -0.3 is 16.0 Å². The third-order valence-corrected chi connectivity index (χ3v) is 1.53. The van der Waals surface area contributed by atoms with E-state index in [0.29, 0.717) is 12.6 Å². The van der Waals surface area contributed by atoms with Crippen LogP contribution >= 0.6 is 0 Å². The number of carbonyl (C=O) groups is 2. The lowest BCUT2D eigenvalue weighted by atomic mass is 10.0. The van der Waals surface area contributed by atoms with Crippen molar-refractivity contribution in [2.75, 3.05) is 0 Å². The van der Waals surface area contributed by atoms with Crippen molar-refractivity contribution >= 4 is 18.1 Å². The first-order chi connectivity index (χ1) is 6.47. The molecule has 0 bridgehead atoms. The Kier molecular flexibility index (Phi) is 5.17. The summed E-state index contributed by atoms with van der Waals surface area (Å²) in [6, 6.07) is -0.844. The SMILES string of the molecule is CC(C)CC(NC(=O)O)C(=O)C=[N+]=[N-]. The lowest BCUT2D eigenvalue weighted by Gasteiger charge is -2.13. The molecule has 0 aliphatic carbocycles. The van der Waals surface area contributed by atoms with Gasteiger partial charge in [-0.25, -0.2) is 4.79 Å². The number of rotatable bonds is 5. The van der Waals surface area contributed by atoms with Crippen LogP contribution in [0, 0.1) is 5.92 Å². The molecular formula is C8H13N3O3. The van der Waals surface area contributed by atoms with E-state index in [1.807, 2.05) is 13.8 Å². The predicted molar refractivity (Wildman–Crippen MR) is 49.1 cm³/mol. The first-order valence-corrected chi connectivity index (χ1v) is 4.18. The zero-order valence-electron chi connectivity index (χ0n) is 8.10. The maximum Gasteiger partial charge on any atom is 0.405 e. The molecule has 2 N–H and O–H groups in total. The van der Waals surface area contributed by atoms with Crippen LogP contribution < -0.4 is 5.32 Å². The highest BCUT2D eigenvalue weighted by Crippen LogP contribution is 2.04. The molecular weight excluding hydrogens is 186 g/mol. The number of Topliss-reactive ketones (excluding diaryl/α,β-unsaturated/α-hetero) is 1. The first-order valence-electron chi connectivity index (χ1n) is 4.18. The standard InChI is InChI=1S/C8H13N3O3/c1-5(2)3-6(11-8(13)14)7(12)4-10-9/h4-6,11H,3H2,1-2H3,(H,13,14). The Labute approximate surface area is 81.5 Å². The molecule has 0 aromatic carbocycles. The summed E-state index contributed by atoms with van der Waals surface area (Å²) < 4.78 is 0. The van der Waals surface area contributed by atoms with E-state index in [1.54, 1.807) is 0 Å². The Morgan fingerprint density at radius 2 is 2.14 bits per heavy atom. The van der Waals surface area contributed by atoms with E-state index < -0.39 is 17.9 Å². The van der Waals surface area contributed by atoms with Crippen LogP contribution in [-0.2, 0) is 4.79 Å². The number of hydrogen-bond acceptors (Lipinski definition) is 2. The van der Waals surface area contributed by atoms with E-state index in [9.17, 15) is 9.59 Å². The number of ketones is 1. The Balaban J connectivity index is 4.45. The molecule has 0 radical (unpaired) electrons. The van der Waals surface area contributed by atoms with Crippen LogP contribution in [0.3, 0.4) is 0 Å². The molecule has 0 spiro atoms. The van der Waals surface area contributed by atoms with E-state index in [0.717, 1.165) is 0 Å². The number of nitrogens with zero attached hydrogens (tertiary/aromatic N) is 2. The van der Waals surface area contributed by atoms with Gasteiger partial charge in [0.05, 0.1) is 0 Å². The van der Waals surface area contributed by atoms with Crippen LogP contribution in [0.25, 0.3) is 5.53 Å². The fraction of sp³-hybridized carbons (Fsp3) is 0.625. The van der Waals surface area contributed by atoms with Crippen molar-refractivity contribution < 1.29 is 19.5 Å². The van der Waals surface area contributed by atoms with Gasteiger partial charge in [-0.2, -0.15) is 4.79 Å². The van der Waals surface area contributed by atoms with Crippen molar-refractivity contribution in [3.63, 3.8) is 0 Å². The average Bonchev–Trinajstić information content (AvgIpc) is 2.01. The number of hydrogen-bond donors (Lipinski definition) is 2. The van der Waals surface area contributed by atoms with Crippen molar-refractivity contribution in [3.8, 4) is 0 Å². The molecule has 0 rings (SSSR count). The zero-order chi connectivity index (χ0) is 11.1. The molecule has 1 unspecified atom stereocenters. The zero-order valence-corrected chi connectivity index (χ0v) is 8.10. The van der Waals surface area contributed by atoms with Crippen LogP contribution in [0.2, 0.25) is 0 Å². The van der Waals surface area contributed by atoms with Gasteiger partial charge in [0.2, 0.25) is 0 Å². The molecule has 6 heteroatoms. The van der Waals surface area contributed by atoms with Crippen LogP contribution in [0.15, 0.2) is 0 Å². The van der Waals surface area contributed by atoms with Gasteiger partial charge in [-0.05, 0) is 12.3 Å². The topological polar surface area (TPSA) is 103 Å². The molecule has 0 saturated carbocycles. The van der Waals surface area contributed by atoms with E-state index in [4.69, 9.17) is 10.6 Å². The van der Waals surface area contributed by atoms with Crippen LogP contribution in [0.4, 0.5) is 4.79 Å². The van der Waals surface area contributed by atoms with Crippen molar-refractivity contribution in [3.05, 3.63) is 5.53 Å². The third-order valence-electron chi connectivity index (χ3n) is 1.53. The number of carboxylic acid groups (broad SMARTS) is 1. The lowest BCUT2D eigenvalue weighted by molar-refractivity contribution is -0.118. The Morgan fingerprint density at radius 3 is 2.50 bits per heavy atom. The van der Waals surface area contributed by atoms with Crippen molar-refractivity contribution in [2.24, 2.45) is 5.92 Å². The molecule has 0 saturated heterocycles. The van der Waals surface area contributed by atoms with E-state index in [1.165, 1.54) is 0 Å². The second-order valence-electron chi connectivity index (χ2n) is 3.28. The highest BCUT2D eigenvalue weighted by Gasteiger charge is 2.22. The molecule has 0 aliphatic heterocycles. The van der Waals surface area contributed by atoms with Gasteiger partial charge in [0, 0.05) is 0 Å². The number of carbonyl (C=O) groups excluding carboxylic acids is 1. The quantitative estimate of drug-likeness (QED) is 0.383. The van der Waals surface area contributed by atoms with E-state index >= 15 is 0 Å². The highest BCUT2D eigenvalue weighted by atomic mass is 16.4. The monoisotopic (exact) mass is 199 g/mol. The molecule has 78 valence electrons. The maximum atomic E-state index is 11.2. The molecule has 1 atom stereocenters. The highest BCUT2D eigenvalue weighted by molar-refractivity contribution is 6.28. The van der Waals surface area contributed by atoms with Gasteiger partial charge in [-0.3, -0.25) is 4.79 Å². The fourth-order valence-electron chi connectivity index (χ4n) is 1.01. The number of amides is 1. The molecule has 1 amide bonds. The Bertz CT molecular complexity index is 269. The summed E-state index contributed by atoms with van der Waals surface area (Å²) >= 11 is 0. The van der Waals surface area contributed by atoms with Gasteiger partial charge in [-0.1, -0.05) is 13.8 Å². The largest absolute Gasteiger partial charge is 0.465 e. The summed E-state index contributed by atoms with van der Waals surface area (Å²) in [6.07, 6.45) is -0.199. The predicted octanol–water partition coefficient (Wildman–Crippen LogP) is 0.538. The fourth-order valence-corrected chi connectivity index (χ4v) is 1.01. The summed E-state index contributed by atoms with van der Waals surface area (Å²) in [5, 5.41) is 10.5. The van der Waals surface area contributed by atoms with Gasteiger partial charge in [0.25, 0.3) is 5.78 Å². The van der Waals surface area contributed by atoms with E-state index in [-0.39, 0.29) is 5.92 Å². The van der Waals surface area contributed by atoms with Gasteiger partial charge >= 0.3 is 12.3 Å². The molecule has 0 fully saturated rings. The molecule has 0 aliphatic rings. The van der Waals surface area contributed by atoms with Crippen molar-refractivity contribution in [1.29, 1.82) is 0 Å². The Hall–Kier alpha value is -1.68. The molecule has 0 aromatic rings. The summed E-state index contributed by atoms with van der Waals surface area (Å²) in [6.45, 7) is 3.72. The van der Waals surface area contributed by atoms with Crippen molar-refractivity contribution in [1.82, 2.24) is 5.32 Å². The van der Waals surface area contributed by atoms with Crippen LogP contribution in [0.5, 0.6) is 0 Å². The van der Waals surface area contributed by atoms with Gasteiger partial charge in [0.1, 0.15) is 6.04 Å². The minimum absolute atomic E-state index is 0.169. The smallest absolute Gasteiger partial charge is 0.405 e. The van der Waals surface area contributed by atoms with Crippen LogP contribution in [-0.4, -0.2) is 34.0 Å². The first kappa shape index (κ1) is 12.3. The molecule has 0 heterocycles. The Morgan fingerprint density at radius 1 is 1.57 bits per heavy atom. The van der Waals surface area contributed by atoms with E-state index in [2.05, 4.69) is 10.1 Å². The maximum absolute atomic E-state index is 11.2. The van der Waals surface area contributed by atoms with Gasteiger partial charge in [0.15, 0.2) is 0 Å². The minimum atomic E-state index is -1.27. The molecule has 0 aromatic heterocycles. The second kappa shape index (κ2) is 5.88. The molecule has 6 nitrogen and oxygen atoms in total. The van der Waals surface area contributed by atoms with Gasteiger partial charge in [-0.15, -0.1) is 0 Å². The van der Waals surface area contributed by atoms with Crippen LogP contribution in [0.1, 0.15) is 20.3 Å². The normalized spacial score (nSPS) is 11.6. The average molecular weight is 199 g/mol. The summed E-state index contributed by atoms with van der Waals surface area (Å²) in [7, 11) is 0.